The van der Waals surface area contributed by atoms with Gasteiger partial charge in [0.25, 0.3) is 6.71 Å². The molecule has 12 rings (SSSR count). The lowest BCUT2D eigenvalue weighted by Gasteiger charge is -2.50. The van der Waals surface area contributed by atoms with E-state index in [4.69, 9.17) is 8.83 Å². The number of hydrogen-bond acceptors (Lipinski definition) is 4. The van der Waals surface area contributed by atoms with E-state index in [-0.39, 0.29) is 39.2 Å². The van der Waals surface area contributed by atoms with Gasteiger partial charge in [-0.1, -0.05) is 145 Å². The number of rotatable bonds is 2. The molecule has 4 nitrogen and oxygen atoms in total. The zero-order valence-electron chi connectivity index (χ0n) is 43.6. The molecule has 1 saturated carbocycles. The molecule has 0 saturated heterocycles. The molecule has 3 aliphatic carbocycles. The van der Waals surface area contributed by atoms with E-state index in [9.17, 15) is 0 Å². The fourth-order valence-electron chi connectivity index (χ4n) is 13.5. The van der Waals surface area contributed by atoms with Crippen molar-refractivity contribution in [1.29, 1.82) is 0 Å². The Hall–Kier alpha value is -5.42. The molecule has 5 heteroatoms. The molecule has 2 aliphatic heterocycles. The fourth-order valence-corrected chi connectivity index (χ4v) is 13.5. The molecule has 0 amide bonds. The topological polar surface area (TPSA) is 32.8 Å². The highest BCUT2D eigenvalue weighted by Gasteiger charge is 2.52. The van der Waals surface area contributed by atoms with Crippen LogP contribution in [0.15, 0.2) is 99.3 Å². The number of fused-ring (bicyclic) bond motifs is 11. The average molecular weight is 899 g/mol. The van der Waals surface area contributed by atoms with E-state index in [2.05, 4.69) is 205 Å². The summed E-state index contributed by atoms with van der Waals surface area (Å²) in [7, 11) is 0. The molecule has 1 unspecified atom stereocenters. The highest BCUT2D eigenvalue weighted by Crippen LogP contribution is 2.59. The van der Waals surface area contributed by atoms with Gasteiger partial charge in [-0.05, 0) is 159 Å². The molecule has 68 heavy (non-hydrogen) atoms. The van der Waals surface area contributed by atoms with Crippen molar-refractivity contribution in [2.45, 2.75) is 158 Å². The van der Waals surface area contributed by atoms with Crippen LogP contribution in [0.2, 0.25) is 0 Å². The van der Waals surface area contributed by atoms with E-state index in [1.54, 1.807) is 5.57 Å². The van der Waals surface area contributed by atoms with Crippen LogP contribution in [0, 0.1) is 23.7 Å². The molecule has 0 N–H and O–H groups in total. The van der Waals surface area contributed by atoms with E-state index >= 15 is 0 Å². The van der Waals surface area contributed by atoms with Gasteiger partial charge in [0.15, 0.2) is 0 Å². The number of hydrogen-bond donors (Lipinski definition) is 0. The first-order valence-corrected chi connectivity index (χ1v) is 25.7. The Bertz CT molecular complexity index is 3330. The standard InChI is InChI=1S/C63H71BN2O2/c1-36-30-49-54-50(31-36)66(48-20-17-21-51-53(48)39-18-16-19-42(56(39)67-51)59(5,6)7)47-25-22-37(58(2,3)4)32-46(47)64(54)57-55(40-34-44-45(35-52(40)68-57)63(14,15)29-28-62(44,12)13)65(49)38-23-24-41-43(33-38)61(10,11)27-26-60(41,8)9/h16-25,30-33,35,44H,26-29,34H2,1-15H3. The molecule has 0 spiro atoms. The fraction of sp³-hybridized carbons (Fsp3) is 0.429. The second-order valence-electron chi connectivity index (χ2n) is 26.4. The molecule has 4 heterocycles. The summed E-state index contributed by atoms with van der Waals surface area (Å²) in [5.74, 6) is 1.49. The Kier molecular flexibility index (Phi) is 8.95. The monoisotopic (exact) mass is 899 g/mol. The summed E-state index contributed by atoms with van der Waals surface area (Å²) >= 11 is 0. The minimum absolute atomic E-state index is 0.0528. The van der Waals surface area contributed by atoms with Gasteiger partial charge in [-0.25, -0.2) is 0 Å². The van der Waals surface area contributed by atoms with Gasteiger partial charge >= 0.3 is 0 Å². The highest BCUT2D eigenvalue weighted by molar-refractivity contribution is 6.99. The summed E-state index contributed by atoms with van der Waals surface area (Å²) in [4.78, 5) is 5.25. The van der Waals surface area contributed by atoms with Crippen LogP contribution < -0.4 is 26.4 Å². The van der Waals surface area contributed by atoms with E-state index < -0.39 is 0 Å². The number of nitrogens with zero attached hydrogens (tertiary/aromatic N) is 2. The normalized spacial score (nSPS) is 20.6. The molecule has 2 aromatic heterocycles. The van der Waals surface area contributed by atoms with Gasteiger partial charge in [-0.15, -0.1) is 0 Å². The third-order valence-corrected chi connectivity index (χ3v) is 17.9. The van der Waals surface area contributed by atoms with Gasteiger partial charge in [-0.2, -0.15) is 0 Å². The Morgan fingerprint density at radius 3 is 2.04 bits per heavy atom. The van der Waals surface area contributed by atoms with Crippen molar-refractivity contribution in [2.24, 2.45) is 16.7 Å². The minimum atomic E-state index is -0.117. The number of benzene rings is 5. The predicted molar refractivity (Wildman–Crippen MR) is 289 cm³/mol. The quantitative estimate of drug-likeness (QED) is 0.162. The van der Waals surface area contributed by atoms with Crippen LogP contribution in [0.25, 0.3) is 28.0 Å². The summed E-state index contributed by atoms with van der Waals surface area (Å²) in [6, 6.07) is 33.1. The molecule has 5 aliphatic rings. The van der Waals surface area contributed by atoms with Crippen molar-refractivity contribution in [2.75, 3.05) is 9.80 Å². The van der Waals surface area contributed by atoms with Crippen molar-refractivity contribution < 1.29 is 8.83 Å². The molecular formula is C63H71BN2O2. The molecule has 0 bridgehead atoms. The third-order valence-electron chi connectivity index (χ3n) is 17.9. The zero-order valence-corrected chi connectivity index (χ0v) is 43.6. The van der Waals surface area contributed by atoms with E-state index in [1.807, 2.05) is 0 Å². The smallest absolute Gasteiger partial charge is 0.297 e. The van der Waals surface area contributed by atoms with Crippen molar-refractivity contribution in [3.8, 4) is 0 Å². The predicted octanol–water partition coefficient (Wildman–Crippen LogP) is 15.9. The molecular weight excluding hydrogens is 828 g/mol. The van der Waals surface area contributed by atoms with Crippen molar-refractivity contribution >= 4 is 85.4 Å². The average Bonchev–Trinajstić information content (AvgIpc) is 3.84. The van der Waals surface area contributed by atoms with E-state index in [1.165, 1.54) is 92.0 Å². The first-order chi connectivity index (χ1) is 31.9. The Morgan fingerprint density at radius 1 is 0.632 bits per heavy atom. The van der Waals surface area contributed by atoms with Crippen LogP contribution >= 0.6 is 0 Å². The van der Waals surface area contributed by atoms with Gasteiger partial charge in [0.1, 0.15) is 16.9 Å². The first kappa shape index (κ1) is 43.8. The van der Waals surface area contributed by atoms with Gasteiger partial charge in [-0.3, -0.25) is 0 Å². The Morgan fingerprint density at radius 2 is 1.32 bits per heavy atom. The van der Waals surface area contributed by atoms with Gasteiger partial charge in [0.05, 0.1) is 22.4 Å². The molecule has 1 fully saturated rings. The highest BCUT2D eigenvalue weighted by atomic mass is 16.3. The Balaban J connectivity index is 1.19. The lowest BCUT2D eigenvalue weighted by Crippen LogP contribution is -2.61. The minimum Gasteiger partial charge on any atom is -0.468 e. The first-order valence-electron chi connectivity index (χ1n) is 25.7. The van der Waals surface area contributed by atoms with Crippen LogP contribution in [0.1, 0.15) is 162 Å². The number of aryl methyl sites for hydroxylation is 1. The maximum Gasteiger partial charge on any atom is 0.297 e. The lowest BCUT2D eigenvalue weighted by atomic mass is 9.35. The number of anilines is 6. The summed E-state index contributed by atoms with van der Waals surface area (Å²) < 4.78 is 14.6. The van der Waals surface area contributed by atoms with E-state index in [0.29, 0.717) is 5.92 Å². The van der Waals surface area contributed by atoms with Crippen LogP contribution in [-0.2, 0) is 28.1 Å². The van der Waals surface area contributed by atoms with Crippen LogP contribution in [0.3, 0.4) is 0 Å². The molecule has 5 aromatic carbocycles. The largest absolute Gasteiger partial charge is 0.468 e. The van der Waals surface area contributed by atoms with E-state index in [0.717, 1.165) is 51.9 Å². The third kappa shape index (κ3) is 6.18. The SMILES string of the molecule is Cc1cc2c3c(c1)N(c1cccc4oc5c(C(C)(C)C)cccc5c14)c1ccc(C(C)(C)C)cc1B3c1oc3c(c1N2c1ccc2c(c1)C(C)(C)CCC2(C)C)CC1C(=C3)C(C)(C)CCC1(C)C. The van der Waals surface area contributed by atoms with Gasteiger partial charge < -0.3 is 18.6 Å². The maximum atomic E-state index is 7.69. The molecule has 348 valence electrons. The summed E-state index contributed by atoms with van der Waals surface area (Å²) in [6.07, 6.45) is 8.25. The lowest BCUT2D eigenvalue weighted by molar-refractivity contribution is 0.123. The molecule has 1 atom stereocenters. The maximum absolute atomic E-state index is 7.69. The van der Waals surface area contributed by atoms with Gasteiger partial charge in [0.2, 0.25) is 0 Å². The Labute approximate surface area is 406 Å². The molecule has 7 aromatic rings. The van der Waals surface area contributed by atoms with Crippen LogP contribution in [0.5, 0.6) is 0 Å². The zero-order chi connectivity index (χ0) is 48.0. The summed E-state index contributed by atoms with van der Waals surface area (Å²) in [6.45, 7) is 35.8. The number of allylic oxidation sites excluding steroid dienone is 1. The summed E-state index contributed by atoms with van der Waals surface area (Å²) in [5.41, 5.74) is 22.8. The number of para-hydroxylation sites is 1. The van der Waals surface area contributed by atoms with Crippen molar-refractivity contribution in [1.82, 2.24) is 0 Å². The second-order valence-corrected chi connectivity index (χ2v) is 26.4. The second kappa shape index (κ2) is 13.9. The van der Waals surface area contributed by atoms with Crippen molar-refractivity contribution in [3.05, 3.63) is 130 Å². The van der Waals surface area contributed by atoms with Crippen LogP contribution in [-0.4, -0.2) is 6.71 Å². The van der Waals surface area contributed by atoms with Crippen LogP contribution in [0.4, 0.5) is 34.1 Å². The molecule has 0 radical (unpaired) electrons. The number of furan rings is 2. The van der Waals surface area contributed by atoms with Crippen molar-refractivity contribution in [3.63, 3.8) is 0 Å². The summed E-state index contributed by atoms with van der Waals surface area (Å²) in [5, 5.41) is 2.30. The van der Waals surface area contributed by atoms with Gasteiger partial charge in [0, 0.05) is 39.3 Å².